The number of fused-ring (bicyclic) bond motifs is 1. The molecule has 1 N–H and O–H groups in total. The molecule has 0 radical (unpaired) electrons. The molecule has 122 valence electrons. The SMILES string of the molecule is CCCSc1ccc(-c2nc3ncccc3[nH]2)c(OCC)c1.Cl. The summed E-state index contributed by atoms with van der Waals surface area (Å²) >= 11 is 1.85. The zero-order valence-electron chi connectivity index (χ0n) is 13.2. The van der Waals surface area contributed by atoms with Crippen LogP contribution in [0.2, 0.25) is 0 Å². The van der Waals surface area contributed by atoms with Gasteiger partial charge in [0.2, 0.25) is 0 Å². The smallest absolute Gasteiger partial charge is 0.178 e. The van der Waals surface area contributed by atoms with E-state index in [2.05, 4.69) is 40.1 Å². The molecule has 23 heavy (non-hydrogen) atoms. The van der Waals surface area contributed by atoms with Crippen LogP contribution >= 0.6 is 24.2 Å². The van der Waals surface area contributed by atoms with Gasteiger partial charge in [0.15, 0.2) is 5.65 Å². The summed E-state index contributed by atoms with van der Waals surface area (Å²) in [5.74, 6) is 2.77. The Labute approximate surface area is 146 Å². The second kappa shape index (κ2) is 8.22. The summed E-state index contributed by atoms with van der Waals surface area (Å²) in [6.07, 6.45) is 2.91. The van der Waals surface area contributed by atoms with Crippen LogP contribution in [0.1, 0.15) is 20.3 Å². The Balaban J connectivity index is 0.00000192. The molecular formula is C17H20ClN3OS. The Morgan fingerprint density at radius 3 is 2.83 bits per heavy atom. The highest BCUT2D eigenvalue weighted by molar-refractivity contribution is 7.99. The Kier molecular flexibility index (Phi) is 6.30. The van der Waals surface area contributed by atoms with Gasteiger partial charge in [-0.1, -0.05) is 6.92 Å². The molecule has 0 fully saturated rings. The Morgan fingerprint density at radius 2 is 2.09 bits per heavy atom. The first-order valence-electron chi connectivity index (χ1n) is 7.52. The van der Waals surface area contributed by atoms with Crippen molar-refractivity contribution in [2.24, 2.45) is 0 Å². The minimum absolute atomic E-state index is 0. The van der Waals surface area contributed by atoms with Crippen molar-refractivity contribution in [1.29, 1.82) is 0 Å². The minimum Gasteiger partial charge on any atom is -0.493 e. The third kappa shape index (κ3) is 3.98. The zero-order valence-corrected chi connectivity index (χ0v) is 14.8. The fourth-order valence-electron chi connectivity index (χ4n) is 2.26. The first-order chi connectivity index (χ1) is 10.8. The van der Waals surface area contributed by atoms with Crippen LogP contribution in [0.4, 0.5) is 0 Å². The summed E-state index contributed by atoms with van der Waals surface area (Å²) < 4.78 is 5.81. The van der Waals surface area contributed by atoms with Crippen molar-refractivity contribution in [3.05, 3.63) is 36.5 Å². The van der Waals surface area contributed by atoms with Crippen molar-refractivity contribution >= 4 is 35.3 Å². The number of thioether (sulfide) groups is 1. The molecule has 0 amide bonds. The van der Waals surface area contributed by atoms with Crippen LogP contribution in [0, 0.1) is 0 Å². The van der Waals surface area contributed by atoms with Gasteiger partial charge < -0.3 is 9.72 Å². The number of hydrogen-bond donors (Lipinski definition) is 1. The fourth-order valence-corrected chi connectivity index (χ4v) is 3.05. The van der Waals surface area contributed by atoms with Crippen molar-refractivity contribution in [3.8, 4) is 17.1 Å². The van der Waals surface area contributed by atoms with Crippen molar-refractivity contribution in [2.75, 3.05) is 12.4 Å². The van der Waals surface area contributed by atoms with E-state index in [1.807, 2.05) is 30.8 Å². The van der Waals surface area contributed by atoms with Crippen molar-refractivity contribution in [2.45, 2.75) is 25.2 Å². The zero-order chi connectivity index (χ0) is 15.4. The molecule has 2 aromatic heterocycles. The molecule has 0 aliphatic carbocycles. The molecule has 0 aliphatic heterocycles. The lowest BCUT2D eigenvalue weighted by atomic mass is 10.2. The van der Waals surface area contributed by atoms with E-state index >= 15 is 0 Å². The van der Waals surface area contributed by atoms with Gasteiger partial charge in [-0.05, 0) is 49.4 Å². The minimum atomic E-state index is 0. The van der Waals surface area contributed by atoms with E-state index in [1.54, 1.807) is 6.20 Å². The molecule has 0 saturated heterocycles. The quantitative estimate of drug-likeness (QED) is 0.640. The summed E-state index contributed by atoms with van der Waals surface area (Å²) in [6, 6.07) is 10.2. The predicted molar refractivity (Wildman–Crippen MR) is 98.8 cm³/mol. The van der Waals surface area contributed by atoms with E-state index in [4.69, 9.17) is 4.74 Å². The lowest BCUT2D eigenvalue weighted by Crippen LogP contribution is -1.95. The largest absolute Gasteiger partial charge is 0.493 e. The van der Waals surface area contributed by atoms with Crippen LogP contribution in [0.5, 0.6) is 5.75 Å². The van der Waals surface area contributed by atoms with Gasteiger partial charge in [0.05, 0.1) is 17.7 Å². The maximum Gasteiger partial charge on any atom is 0.178 e. The molecule has 0 spiro atoms. The number of hydrogen-bond acceptors (Lipinski definition) is 4. The second-order valence-electron chi connectivity index (χ2n) is 4.90. The average molecular weight is 350 g/mol. The van der Waals surface area contributed by atoms with Crippen molar-refractivity contribution in [3.63, 3.8) is 0 Å². The van der Waals surface area contributed by atoms with E-state index in [1.165, 1.54) is 4.90 Å². The number of nitrogens with zero attached hydrogens (tertiary/aromatic N) is 2. The van der Waals surface area contributed by atoms with Crippen LogP contribution in [-0.4, -0.2) is 27.3 Å². The van der Waals surface area contributed by atoms with Crippen LogP contribution in [-0.2, 0) is 0 Å². The number of aromatic amines is 1. The first-order valence-corrected chi connectivity index (χ1v) is 8.51. The number of nitrogens with one attached hydrogen (secondary N) is 1. The number of H-pyrrole nitrogens is 1. The molecule has 0 bridgehead atoms. The highest BCUT2D eigenvalue weighted by Gasteiger charge is 2.12. The Bertz CT molecular complexity index is 742. The third-order valence-corrected chi connectivity index (χ3v) is 4.44. The van der Waals surface area contributed by atoms with E-state index < -0.39 is 0 Å². The van der Waals surface area contributed by atoms with E-state index in [0.29, 0.717) is 6.61 Å². The maximum absolute atomic E-state index is 5.81. The number of aromatic nitrogens is 3. The van der Waals surface area contributed by atoms with Gasteiger partial charge in [-0.25, -0.2) is 9.97 Å². The van der Waals surface area contributed by atoms with Gasteiger partial charge in [0.25, 0.3) is 0 Å². The number of ether oxygens (including phenoxy) is 1. The summed E-state index contributed by atoms with van der Waals surface area (Å²) in [7, 11) is 0. The van der Waals surface area contributed by atoms with Gasteiger partial charge in [-0.2, -0.15) is 0 Å². The van der Waals surface area contributed by atoms with Crippen LogP contribution < -0.4 is 4.74 Å². The lowest BCUT2D eigenvalue weighted by Gasteiger charge is -2.10. The summed E-state index contributed by atoms with van der Waals surface area (Å²) in [5, 5.41) is 0. The summed E-state index contributed by atoms with van der Waals surface area (Å²) in [5.41, 5.74) is 2.63. The standard InChI is InChI=1S/C17H19N3OS.ClH/c1-3-10-22-12-7-8-13(15(11-12)21-4-2)16-19-14-6-5-9-18-17(14)20-16;/h5-9,11H,3-4,10H2,1-2H3,(H,18,19,20);1H. The topological polar surface area (TPSA) is 50.8 Å². The summed E-state index contributed by atoms with van der Waals surface area (Å²) in [6.45, 7) is 4.81. The van der Waals surface area contributed by atoms with Gasteiger partial charge in [0, 0.05) is 11.1 Å². The van der Waals surface area contributed by atoms with Crippen molar-refractivity contribution in [1.82, 2.24) is 15.0 Å². The number of halogens is 1. The van der Waals surface area contributed by atoms with Gasteiger partial charge in [-0.15, -0.1) is 24.2 Å². The van der Waals surface area contributed by atoms with Gasteiger partial charge in [0.1, 0.15) is 11.6 Å². The third-order valence-electron chi connectivity index (χ3n) is 3.24. The molecule has 6 heteroatoms. The normalized spacial score (nSPS) is 10.5. The molecule has 3 rings (SSSR count). The maximum atomic E-state index is 5.81. The highest BCUT2D eigenvalue weighted by Crippen LogP contribution is 2.33. The molecule has 0 aliphatic rings. The average Bonchev–Trinajstić information content (AvgIpc) is 2.97. The molecule has 4 nitrogen and oxygen atoms in total. The lowest BCUT2D eigenvalue weighted by molar-refractivity contribution is 0.340. The van der Waals surface area contributed by atoms with Crippen LogP contribution in [0.3, 0.4) is 0 Å². The Hall–Kier alpha value is -1.72. The molecule has 1 aromatic carbocycles. The molecule has 2 heterocycles. The Morgan fingerprint density at radius 1 is 1.22 bits per heavy atom. The molecule has 0 saturated carbocycles. The van der Waals surface area contributed by atoms with Gasteiger partial charge in [-0.3, -0.25) is 0 Å². The second-order valence-corrected chi connectivity index (χ2v) is 6.07. The fraction of sp³-hybridized carbons (Fsp3) is 0.294. The monoisotopic (exact) mass is 349 g/mol. The predicted octanol–water partition coefficient (Wildman–Crippen LogP) is 4.95. The number of imidazole rings is 1. The first kappa shape index (κ1) is 17.6. The van der Waals surface area contributed by atoms with Crippen LogP contribution in [0.15, 0.2) is 41.4 Å². The van der Waals surface area contributed by atoms with E-state index in [9.17, 15) is 0 Å². The molecular weight excluding hydrogens is 330 g/mol. The van der Waals surface area contributed by atoms with E-state index in [0.717, 1.165) is 40.5 Å². The number of rotatable bonds is 6. The summed E-state index contributed by atoms with van der Waals surface area (Å²) in [4.78, 5) is 13.4. The molecule has 0 atom stereocenters. The number of pyridine rings is 1. The van der Waals surface area contributed by atoms with Crippen molar-refractivity contribution < 1.29 is 4.74 Å². The van der Waals surface area contributed by atoms with Crippen LogP contribution in [0.25, 0.3) is 22.6 Å². The van der Waals surface area contributed by atoms with E-state index in [-0.39, 0.29) is 12.4 Å². The number of benzene rings is 1. The molecule has 0 unspecified atom stereocenters. The highest BCUT2D eigenvalue weighted by atomic mass is 35.5. The molecule has 3 aromatic rings. The van der Waals surface area contributed by atoms with Gasteiger partial charge >= 0.3 is 0 Å².